The van der Waals surface area contributed by atoms with Crippen molar-refractivity contribution < 1.29 is 9.53 Å². The fraction of sp³-hybridized carbons (Fsp3) is 0.0500. The van der Waals surface area contributed by atoms with Crippen molar-refractivity contribution in [2.75, 3.05) is 12.4 Å². The standard InChI is InChI=1S/C20H15ClN4O2/c1-22-19-17-15(10-23-20(17)25-11-24-19)18(26)14-8-7-13(9-16(14)21)27-12-5-3-2-4-6-12/h2-11H,1H3,(H2,22,23,24,25). The Morgan fingerprint density at radius 3 is 2.63 bits per heavy atom. The largest absolute Gasteiger partial charge is 0.457 e. The number of carbonyl (C=O) groups is 1. The minimum atomic E-state index is -0.219. The summed E-state index contributed by atoms with van der Waals surface area (Å²) in [5.74, 6) is 1.61. The van der Waals surface area contributed by atoms with Crippen LogP contribution in [0.3, 0.4) is 0 Å². The van der Waals surface area contributed by atoms with Crippen molar-refractivity contribution in [2.45, 2.75) is 0 Å². The highest BCUT2D eigenvalue weighted by molar-refractivity contribution is 6.35. The van der Waals surface area contributed by atoms with Crippen molar-refractivity contribution in [3.8, 4) is 11.5 Å². The van der Waals surface area contributed by atoms with E-state index in [9.17, 15) is 4.79 Å². The van der Waals surface area contributed by atoms with Crippen LogP contribution in [0.25, 0.3) is 11.0 Å². The van der Waals surface area contributed by atoms with Crippen molar-refractivity contribution in [1.29, 1.82) is 0 Å². The van der Waals surface area contributed by atoms with Crippen LogP contribution in [0.5, 0.6) is 11.5 Å². The maximum atomic E-state index is 13.1. The van der Waals surface area contributed by atoms with Crippen LogP contribution in [0.2, 0.25) is 5.02 Å². The molecule has 0 spiro atoms. The Hall–Kier alpha value is -3.38. The van der Waals surface area contributed by atoms with E-state index in [0.717, 1.165) is 0 Å². The molecule has 0 atom stereocenters. The van der Waals surface area contributed by atoms with Crippen LogP contribution >= 0.6 is 11.6 Å². The lowest BCUT2D eigenvalue weighted by Crippen LogP contribution is -2.03. The lowest BCUT2D eigenvalue weighted by molar-refractivity contribution is 0.104. The van der Waals surface area contributed by atoms with Gasteiger partial charge < -0.3 is 15.0 Å². The second-order valence-electron chi connectivity index (χ2n) is 5.78. The highest BCUT2D eigenvalue weighted by atomic mass is 35.5. The Morgan fingerprint density at radius 1 is 1.07 bits per heavy atom. The lowest BCUT2D eigenvalue weighted by atomic mass is 10.0. The third-order valence-electron chi connectivity index (χ3n) is 4.12. The first kappa shape index (κ1) is 17.1. The molecule has 0 radical (unpaired) electrons. The molecule has 0 aliphatic carbocycles. The molecule has 0 saturated carbocycles. The van der Waals surface area contributed by atoms with E-state index in [0.29, 0.717) is 44.5 Å². The molecule has 4 aromatic rings. The molecule has 0 bridgehead atoms. The number of anilines is 1. The van der Waals surface area contributed by atoms with Gasteiger partial charge >= 0.3 is 0 Å². The van der Waals surface area contributed by atoms with Gasteiger partial charge in [-0.05, 0) is 24.3 Å². The van der Waals surface area contributed by atoms with E-state index in [1.54, 1.807) is 31.4 Å². The van der Waals surface area contributed by atoms with Gasteiger partial charge in [-0.2, -0.15) is 0 Å². The molecule has 2 aromatic carbocycles. The number of ether oxygens (including phenoxy) is 1. The second kappa shape index (κ2) is 7.09. The summed E-state index contributed by atoms with van der Waals surface area (Å²) in [4.78, 5) is 24.4. The Morgan fingerprint density at radius 2 is 1.89 bits per heavy atom. The minimum absolute atomic E-state index is 0.219. The van der Waals surface area contributed by atoms with Gasteiger partial charge in [-0.1, -0.05) is 29.8 Å². The van der Waals surface area contributed by atoms with Crippen molar-refractivity contribution in [3.63, 3.8) is 0 Å². The van der Waals surface area contributed by atoms with E-state index in [2.05, 4.69) is 20.3 Å². The molecule has 0 aliphatic rings. The number of hydrogen-bond donors (Lipinski definition) is 2. The minimum Gasteiger partial charge on any atom is -0.457 e. The number of benzene rings is 2. The summed E-state index contributed by atoms with van der Waals surface area (Å²) >= 11 is 6.37. The van der Waals surface area contributed by atoms with Crippen molar-refractivity contribution in [1.82, 2.24) is 15.0 Å². The second-order valence-corrected chi connectivity index (χ2v) is 6.19. The van der Waals surface area contributed by atoms with E-state index in [-0.39, 0.29) is 5.78 Å². The number of halogens is 1. The molecule has 7 heteroatoms. The summed E-state index contributed by atoms with van der Waals surface area (Å²) in [5.41, 5.74) is 1.41. The maximum Gasteiger partial charge on any atom is 0.196 e. The van der Waals surface area contributed by atoms with E-state index >= 15 is 0 Å². The zero-order valence-corrected chi connectivity index (χ0v) is 15.1. The lowest BCUT2D eigenvalue weighted by Gasteiger charge is -2.09. The summed E-state index contributed by atoms with van der Waals surface area (Å²) in [6.45, 7) is 0. The molecule has 0 aliphatic heterocycles. The van der Waals surface area contributed by atoms with Gasteiger partial charge in [0.15, 0.2) is 5.78 Å². The Balaban J connectivity index is 1.69. The Labute approximate surface area is 160 Å². The van der Waals surface area contributed by atoms with Crippen LogP contribution in [-0.2, 0) is 0 Å². The van der Waals surface area contributed by atoms with Gasteiger partial charge in [-0.25, -0.2) is 9.97 Å². The molecule has 4 rings (SSSR count). The van der Waals surface area contributed by atoms with Crippen molar-refractivity contribution in [2.24, 2.45) is 0 Å². The molecule has 27 heavy (non-hydrogen) atoms. The first-order chi connectivity index (χ1) is 13.2. The third kappa shape index (κ3) is 3.22. The average Bonchev–Trinajstić information content (AvgIpc) is 3.13. The molecule has 0 amide bonds. The summed E-state index contributed by atoms with van der Waals surface area (Å²) < 4.78 is 5.76. The van der Waals surface area contributed by atoms with Crippen molar-refractivity contribution in [3.05, 3.63) is 77.2 Å². The molecule has 0 saturated heterocycles. The monoisotopic (exact) mass is 378 g/mol. The predicted molar refractivity (Wildman–Crippen MR) is 105 cm³/mol. The van der Waals surface area contributed by atoms with Crippen LogP contribution in [-0.4, -0.2) is 27.8 Å². The molecule has 0 unspecified atom stereocenters. The van der Waals surface area contributed by atoms with Gasteiger partial charge in [0.05, 0.1) is 16.0 Å². The highest BCUT2D eigenvalue weighted by Gasteiger charge is 2.20. The fourth-order valence-corrected chi connectivity index (χ4v) is 3.10. The first-order valence-corrected chi connectivity index (χ1v) is 8.62. The summed E-state index contributed by atoms with van der Waals surface area (Å²) in [5, 5.41) is 3.92. The van der Waals surface area contributed by atoms with Crippen LogP contribution in [0.15, 0.2) is 61.1 Å². The molecular weight excluding hydrogens is 364 g/mol. The van der Waals surface area contributed by atoms with Crippen molar-refractivity contribution >= 4 is 34.2 Å². The number of ketones is 1. The SMILES string of the molecule is CNc1ncnc2[nH]cc(C(=O)c3ccc(Oc4ccccc4)cc3Cl)c12. The van der Waals surface area contributed by atoms with Crippen LogP contribution < -0.4 is 10.1 Å². The molecular formula is C20H15ClN4O2. The number of hydrogen-bond acceptors (Lipinski definition) is 5. The molecule has 2 N–H and O–H groups in total. The van der Waals surface area contributed by atoms with Gasteiger partial charge in [0.1, 0.15) is 29.3 Å². The normalized spacial score (nSPS) is 10.7. The first-order valence-electron chi connectivity index (χ1n) is 8.24. The number of aromatic amines is 1. The van der Waals surface area contributed by atoms with Gasteiger partial charge in [-0.3, -0.25) is 4.79 Å². The Kier molecular flexibility index (Phi) is 4.48. The predicted octanol–water partition coefficient (Wildman–Crippen LogP) is 4.68. The highest BCUT2D eigenvalue weighted by Crippen LogP contribution is 2.31. The number of nitrogens with one attached hydrogen (secondary N) is 2. The fourth-order valence-electron chi connectivity index (χ4n) is 2.84. The van der Waals surface area contributed by atoms with Gasteiger partial charge in [0, 0.05) is 24.9 Å². The summed E-state index contributed by atoms with van der Waals surface area (Å²) in [7, 11) is 1.74. The number of fused-ring (bicyclic) bond motifs is 1. The number of para-hydroxylation sites is 1. The summed E-state index contributed by atoms with van der Waals surface area (Å²) in [6.07, 6.45) is 3.05. The number of aromatic nitrogens is 3. The van der Waals surface area contributed by atoms with E-state index < -0.39 is 0 Å². The molecule has 0 fully saturated rings. The smallest absolute Gasteiger partial charge is 0.196 e. The van der Waals surface area contributed by atoms with Gasteiger partial charge in [0.25, 0.3) is 0 Å². The third-order valence-corrected chi connectivity index (χ3v) is 4.43. The van der Waals surface area contributed by atoms with E-state index in [4.69, 9.17) is 16.3 Å². The van der Waals surface area contributed by atoms with Gasteiger partial charge in [0.2, 0.25) is 0 Å². The van der Waals surface area contributed by atoms with E-state index in [1.807, 2.05) is 30.3 Å². The van der Waals surface area contributed by atoms with E-state index in [1.165, 1.54) is 6.33 Å². The molecule has 2 aromatic heterocycles. The molecule has 134 valence electrons. The molecule has 2 heterocycles. The average molecular weight is 379 g/mol. The van der Waals surface area contributed by atoms with Crippen LogP contribution in [0.1, 0.15) is 15.9 Å². The number of rotatable bonds is 5. The van der Waals surface area contributed by atoms with Crippen LogP contribution in [0.4, 0.5) is 5.82 Å². The maximum absolute atomic E-state index is 13.1. The Bertz CT molecular complexity index is 1130. The number of H-pyrrole nitrogens is 1. The zero-order valence-electron chi connectivity index (χ0n) is 14.4. The number of carbonyl (C=O) groups excluding carboxylic acids is 1. The topological polar surface area (TPSA) is 79.9 Å². The summed E-state index contributed by atoms with van der Waals surface area (Å²) in [6, 6.07) is 14.4. The number of nitrogens with zero attached hydrogens (tertiary/aromatic N) is 2. The quantitative estimate of drug-likeness (QED) is 0.493. The van der Waals surface area contributed by atoms with Crippen LogP contribution in [0, 0.1) is 0 Å². The molecule has 6 nitrogen and oxygen atoms in total. The zero-order chi connectivity index (χ0) is 18.8. The van der Waals surface area contributed by atoms with Gasteiger partial charge in [-0.15, -0.1) is 0 Å².